The minimum atomic E-state index is -0.475. The van der Waals surface area contributed by atoms with E-state index < -0.39 is 5.41 Å². The van der Waals surface area contributed by atoms with Crippen molar-refractivity contribution in [2.24, 2.45) is 21.7 Å². The summed E-state index contributed by atoms with van der Waals surface area (Å²) in [5.41, 5.74) is 20.6. The number of rotatable bonds is 9. The smallest absolute Gasteiger partial charge is 0.171 e. The Labute approximate surface area is 305 Å². The van der Waals surface area contributed by atoms with Gasteiger partial charge in [0.1, 0.15) is 0 Å². The highest BCUT2D eigenvalue weighted by atomic mass is 17.2. The molecule has 0 heterocycles. The Morgan fingerprint density at radius 1 is 0.520 bits per heavy atom. The summed E-state index contributed by atoms with van der Waals surface area (Å²) >= 11 is 0. The first kappa shape index (κ1) is 39.7. The molecule has 0 bridgehead atoms. The van der Waals surface area contributed by atoms with Crippen LogP contribution in [0.15, 0.2) is 0 Å². The summed E-state index contributed by atoms with van der Waals surface area (Å²) in [4.78, 5) is 28.5. The van der Waals surface area contributed by atoms with E-state index in [4.69, 9.17) is 9.78 Å². The summed E-state index contributed by atoms with van der Waals surface area (Å²) in [6, 6.07) is 0. The molecule has 0 amide bonds. The lowest BCUT2D eigenvalue weighted by Gasteiger charge is -2.37. The predicted molar refractivity (Wildman–Crippen MR) is 213 cm³/mol. The van der Waals surface area contributed by atoms with Crippen molar-refractivity contribution in [3.63, 3.8) is 0 Å². The Balaban J connectivity index is 1.86. The lowest BCUT2D eigenvalue weighted by atomic mass is 9.78. The molecule has 2 atom stereocenters. The molecule has 1 saturated carbocycles. The number of ketones is 1. The zero-order chi connectivity index (χ0) is 38.4. The first-order chi connectivity index (χ1) is 22.7. The molecule has 3 aromatic carbocycles. The molecule has 1 aliphatic rings. The molecular weight excluding hydrogens is 615 g/mol. The van der Waals surface area contributed by atoms with Crippen LogP contribution in [0.2, 0.25) is 0 Å². The van der Waals surface area contributed by atoms with E-state index in [0.29, 0.717) is 5.75 Å². The average Bonchev–Trinajstić information content (AvgIpc) is 3.37. The lowest BCUT2D eigenvalue weighted by molar-refractivity contribution is -0.209. The summed E-state index contributed by atoms with van der Waals surface area (Å²) in [6.45, 7) is 46.8. The van der Waals surface area contributed by atoms with Gasteiger partial charge in [-0.05, 0) is 186 Å². The monoisotopic (exact) mass is 682 g/mol. The molecule has 274 valence electrons. The zero-order valence-corrected chi connectivity index (χ0v) is 35.6. The standard InChI is InChI=1S/C46H67NO3/c1-24-26(3)30(7)39(31(8)27(24)4)47(40-32(9)28(5)25(2)29(6)33(40)10)41-34(11)36(13)42(37(14)35(41)12)50-49-22-38(48)46(21)44(18,19)45(46,20)23-43(15,16)17/h22-23H2,1-21H3. The number of carbonyl (C=O) groups excluding carboxylic acids is 1. The molecule has 4 rings (SSSR count). The van der Waals surface area contributed by atoms with Gasteiger partial charge in [0.25, 0.3) is 0 Å². The Morgan fingerprint density at radius 2 is 0.820 bits per heavy atom. The van der Waals surface area contributed by atoms with Gasteiger partial charge < -0.3 is 9.79 Å². The first-order valence-corrected chi connectivity index (χ1v) is 18.6. The third kappa shape index (κ3) is 5.63. The normalized spacial score (nSPS) is 19.9. The maximum atomic E-state index is 13.9. The highest BCUT2D eigenvalue weighted by Crippen LogP contribution is 2.80. The third-order valence-corrected chi connectivity index (χ3v) is 14.6. The van der Waals surface area contributed by atoms with Crippen LogP contribution in [-0.4, -0.2) is 12.4 Å². The van der Waals surface area contributed by atoms with E-state index in [1.807, 2.05) is 0 Å². The van der Waals surface area contributed by atoms with Gasteiger partial charge in [0.05, 0.1) is 17.1 Å². The molecule has 1 fully saturated rings. The van der Waals surface area contributed by atoms with Gasteiger partial charge >= 0.3 is 0 Å². The van der Waals surface area contributed by atoms with Crippen molar-refractivity contribution in [3.05, 3.63) is 77.9 Å². The van der Waals surface area contributed by atoms with Crippen LogP contribution in [0.25, 0.3) is 0 Å². The van der Waals surface area contributed by atoms with Gasteiger partial charge in [-0.25, -0.2) is 0 Å². The van der Waals surface area contributed by atoms with Gasteiger partial charge in [-0.2, -0.15) is 4.89 Å². The Morgan fingerprint density at radius 3 is 1.14 bits per heavy atom. The highest BCUT2D eigenvalue weighted by Gasteiger charge is 2.79. The summed E-state index contributed by atoms with van der Waals surface area (Å²) < 4.78 is 0. The van der Waals surface area contributed by atoms with Crippen LogP contribution in [-0.2, 0) is 9.68 Å². The van der Waals surface area contributed by atoms with Crippen LogP contribution in [0.5, 0.6) is 5.75 Å². The average molecular weight is 682 g/mol. The molecule has 0 aliphatic heterocycles. The summed E-state index contributed by atoms with van der Waals surface area (Å²) in [5, 5.41) is 0. The molecule has 1 aliphatic carbocycles. The van der Waals surface area contributed by atoms with Gasteiger partial charge in [0.2, 0.25) is 0 Å². The van der Waals surface area contributed by atoms with Gasteiger partial charge in [-0.1, -0.05) is 48.5 Å². The second-order valence-corrected chi connectivity index (χ2v) is 18.0. The molecule has 0 spiro atoms. The number of carbonyl (C=O) groups is 1. The number of nitrogens with zero attached hydrogens (tertiary/aromatic N) is 1. The molecule has 0 saturated heterocycles. The van der Waals surface area contributed by atoms with Gasteiger partial charge in [0.15, 0.2) is 18.1 Å². The van der Waals surface area contributed by atoms with Crippen LogP contribution in [0.3, 0.4) is 0 Å². The number of Topliss-reactive ketones (excluding diaryl/α,β-unsaturated/α-hetero) is 1. The summed E-state index contributed by atoms with van der Waals surface area (Å²) in [5.74, 6) is 0.802. The minimum absolute atomic E-state index is 0.0782. The molecular formula is C46H67NO3. The second kappa shape index (κ2) is 12.8. The van der Waals surface area contributed by atoms with Gasteiger partial charge in [-0.3, -0.25) is 4.79 Å². The number of hydrogen-bond donors (Lipinski definition) is 0. The van der Waals surface area contributed by atoms with Crippen molar-refractivity contribution >= 4 is 22.8 Å². The topological polar surface area (TPSA) is 38.8 Å². The van der Waals surface area contributed by atoms with Gasteiger partial charge in [0, 0.05) is 16.5 Å². The fourth-order valence-corrected chi connectivity index (χ4v) is 9.53. The van der Waals surface area contributed by atoms with E-state index in [1.165, 1.54) is 72.7 Å². The Hall–Kier alpha value is -3.11. The van der Waals surface area contributed by atoms with E-state index in [2.05, 4.69) is 150 Å². The maximum absolute atomic E-state index is 13.9. The number of hydrogen-bond acceptors (Lipinski definition) is 4. The van der Waals surface area contributed by atoms with Gasteiger partial charge in [-0.15, -0.1) is 0 Å². The van der Waals surface area contributed by atoms with E-state index in [9.17, 15) is 4.79 Å². The van der Waals surface area contributed by atoms with E-state index in [0.717, 1.165) is 28.7 Å². The SMILES string of the molecule is Cc1c(C)c(C)c(N(c2c(C)c(C)c(C)c(C)c2C)c2c(C)c(C)c(OOCC(=O)C3(C)C(C)(C)C3(C)CC(C)(C)C)c(C)c2C)c(C)c1C. The van der Waals surface area contributed by atoms with E-state index in [1.54, 1.807) is 0 Å². The number of benzene rings is 3. The second-order valence-electron chi connectivity index (χ2n) is 18.0. The van der Waals surface area contributed by atoms with E-state index in [-0.39, 0.29) is 28.6 Å². The van der Waals surface area contributed by atoms with Crippen molar-refractivity contribution in [3.8, 4) is 5.75 Å². The van der Waals surface area contributed by atoms with Crippen molar-refractivity contribution in [2.75, 3.05) is 11.5 Å². The molecule has 50 heavy (non-hydrogen) atoms. The van der Waals surface area contributed by atoms with Crippen LogP contribution in [0.4, 0.5) is 17.1 Å². The Kier molecular flexibility index (Phi) is 10.2. The lowest BCUT2D eigenvalue weighted by Crippen LogP contribution is -2.27. The highest BCUT2D eigenvalue weighted by molar-refractivity contribution is 5.92. The van der Waals surface area contributed by atoms with Crippen LogP contribution >= 0.6 is 0 Å². The maximum Gasteiger partial charge on any atom is 0.171 e. The third-order valence-electron chi connectivity index (χ3n) is 14.6. The minimum Gasteiger partial charge on any atom is -0.337 e. The molecule has 0 aromatic heterocycles. The summed E-state index contributed by atoms with van der Waals surface area (Å²) in [7, 11) is 0. The van der Waals surface area contributed by atoms with Crippen molar-refractivity contribution < 1.29 is 14.6 Å². The summed E-state index contributed by atoms with van der Waals surface area (Å²) in [6.07, 6.45) is 0.975. The Bertz CT molecular complexity index is 1750. The molecule has 4 heteroatoms. The molecule has 4 nitrogen and oxygen atoms in total. The fourth-order valence-electron chi connectivity index (χ4n) is 9.53. The van der Waals surface area contributed by atoms with Crippen molar-refractivity contribution in [1.29, 1.82) is 0 Å². The molecule has 0 radical (unpaired) electrons. The molecule has 3 aromatic rings. The van der Waals surface area contributed by atoms with Crippen molar-refractivity contribution in [2.45, 2.75) is 152 Å². The van der Waals surface area contributed by atoms with Crippen LogP contribution in [0.1, 0.15) is 133 Å². The quantitative estimate of drug-likeness (QED) is 0.166. The largest absolute Gasteiger partial charge is 0.337 e. The van der Waals surface area contributed by atoms with Crippen LogP contribution in [0, 0.1) is 119 Å². The fraction of sp³-hybridized carbons (Fsp3) is 0.587. The zero-order valence-electron chi connectivity index (χ0n) is 35.6. The van der Waals surface area contributed by atoms with Crippen molar-refractivity contribution in [1.82, 2.24) is 0 Å². The predicted octanol–water partition coefficient (Wildman–Crippen LogP) is 12.8. The first-order valence-electron chi connectivity index (χ1n) is 18.6. The molecule has 0 N–H and O–H groups in total. The molecule has 2 unspecified atom stereocenters. The van der Waals surface area contributed by atoms with Crippen LogP contribution < -0.4 is 9.79 Å². The van der Waals surface area contributed by atoms with E-state index >= 15 is 0 Å². The number of anilines is 3.